The molecule has 1 atom stereocenters. The maximum Gasteiger partial charge on any atom is 0.305 e. The van der Waals surface area contributed by atoms with E-state index in [0.29, 0.717) is 30.3 Å². The lowest BCUT2D eigenvalue weighted by Gasteiger charge is -2.25. The van der Waals surface area contributed by atoms with Crippen molar-refractivity contribution in [3.05, 3.63) is 23.8 Å². The number of hydrogen-bond acceptors (Lipinski definition) is 5. The second-order valence-corrected chi connectivity index (χ2v) is 5.01. The molecule has 6 nitrogen and oxygen atoms in total. The number of para-hydroxylation sites is 1. The van der Waals surface area contributed by atoms with Gasteiger partial charge in [0.25, 0.3) is 0 Å². The lowest BCUT2D eigenvalue weighted by atomic mass is 10.0. The highest BCUT2D eigenvalue weighted by Crippen LogP contribution is 2.36. The predicted octanol–water partition coefficient (Wildman–Crippen LogP) is 1.73. The molecule has 0 amide bonds. The average molecular weight is 295 g/mol. The third kappa shape index (κ3) is 4.09. The first-order valence-corrected chi connectivity index (χ1v) is 7.00. The second kappa shape index (κ2) is 7.28. The van der Waals surface area contributed by atoms with Crippen molar-refractivity contribution in [1.29, 1.82) is 0 Å². The van der Waals surface area contributed by atoms with Crippen molar-refractivity contribution in [1.82, 2.24) is 0 Å². The summed E-state index contributed by atoms with van der Waals surface area (Å²) in [7, 11) is 1.53. The molecule has 0 aromatic heterocycles. The Hall–Kier alpha value is -1.79. The van der Waals surface area contributed by atoms with Crippen LogP contribution in [0.2, 0.25) is 0 Å². The molecule has 116 valence electrons. The van der Waals surface area contributed by atoms with Gasteiger partial charge in [-0.05, 0) is 6.07 Å². The molecule has 0 bridgehead atoms. The highest BCUT2D eigenvalue weighted by Gasteiger charge is 2.21. The smallest absolute Gasteiger partial charge is 0.305 e. The van der Waals surface area contributed by atoms with Gasteiger partial charge in [-0.2, -0.15) is 0 Å². The van der Waals surface area contributed by atoms with Crippen LogP contribution in [0, 0.1) is 0 Å². The number of rotatable bonds is 6. The van der Waals surface area contributed by atoms with Crippen LogP contribution in [0.1, 0.15) is 30.9 Å². The molecule has 2 rings (SSSR count). The van der Waals surface area contributed by atoms with Crippen LogP contribution in [0.5, 0.6) is 11.5 Å². The fourth-order valence-electron chi connectivity index (χ4n) is 2.41. The second-order valence-electron chi connectivity index (χ2n) is 5.01. The van der Waals surface area contributed by atoms with Gasteiger partial charge in [-0.25, -0.2) is 0 Å². The number of nitrogens with two attached hydrogens (primary N) is 1. The van der Waals surface area contributed by atoms with Crippen LogP contribution in [0.15, 0.2) is 18.2 Å². The Balaban J connectivity index is 2.18. The quantitative estimate of drug-likeness (QED) is 0.830. The number of benzene rings is 1. The van der Waals surface area contributed by atoms with E-state index in [0.717, 1.165) is 12.8 Å². The summed E-state index contributed by atoms with van der Waals surface area (Å²) in [5, 5.41) is 8.87. The first kappa shape index (κ1) is 15.6. The topological polar surface area (TPSA) is 91.0 Å². The highest BCUT2D eigenvalue weighted by molar-refractivity contribution is 5.68. The van der Waals surface area contributed by atoms with Crippen LogP contribution in [-0.4, -0.2) is 37.5 Å². The largest absolute Gasteiger partial charge is 0.493 e. The lowest BCUT2D eigenvalue weighted by molar-refractivity contribution is -0.137. The zero-order chi connectivity index (χ0) is 15.2. The summed E-state index contributed by atoms with van der Waals surface area (Å²) >= 11 is 0. The van der Waals surface area contributed by atoms with Crippen LogP contribution >= 0.6 is 0 Å². The number of hydrogen-bond donors (Lipinski definition) is 2. The Morgan fingerprint density at radius 3 is 2.81 bits per heavy atom. The maximum atomic E-state index is 10.8. The summed E-state index contributed by atoms with van der Waals surface area (Å²) in [5.41, 5.74) is 6.58. The minimum Gasteiger partial charge on any atom is -0.493 e. The summed E-state index contributed by atoms with van der Waals surface area (Å²) in [5.74, 6) is 0.167. The molecule has 1 heterocycles. The van der Waals surface area contributed by atoms with Crippen molar-refractivity contribution in [3.8, 4) is 11.5 Å². The molecule has 21 heavy (non-hydrogen) atoms. The van der Waals surface area contributed by atoms with Crippen molar-refractivity contribution in [2.75, 3.05) is 20.3 Å². The average Bonchev–Trinajstić information content (AvgIpc) is 2.47. The first-order chi connectivity index (χ1) is 10.1. The molecule has 1 aromatic carbocycles. The summed E-state index contributed by atoms with van der Waals surface area (Å²) in [6.45, 7) is 1.37. The molecule has 1 aliphatic rings. The lowest BCUT2D eigenvalue weighted by Crippen LogP contribution is -2.26. The van der Waals surface area contributed by atoms with Gasteiger partial charge in [0.2, 0.25) is 0 Å². The van der Waals surface area contributed by atoms with Gasteiger partial charge in [0.05, 0.1) is 26.7 Å². The van der Waals surface area contributed by atoms with Gasteiger partial charge >= 0.3 is 5.97 Å². The molecule has 1 fully saturated rings. The minimum absolute atomic E-state index is 0.0820. The van der Waals surface area contributed by atoms with Crippen LogP contribution < -0.4 is 15.2 Å². The molecule has 0 saturated carbocycles. The zero-order valence-corrected chi connectivity index (χ0v) is 12.1. The normalized spacial score (nSPS) is 17.2. The predicted molar refractivity (Wildman–Crippen MR) is 76.6 cm³/mol. The summed E-state index contributed by atoms with van der Waals surface area (Å²) in [6.07, 6.45) is 1.58. The standard InChI is InChI=1S/C15H21NO5/c1-19-15-11(12(16)9-14(17)18)3-2-4-13(15)21-10-5-7-20-8-6-10/h2-4,10,12H,5-9,16H2,1H3,(H,17,18). The molecule has 6 heteroatoms. The first-order valence-electron chi connectivity index (χ1n) is 7.00. The van der Waals surface area contributed by atoms with E-state index in [9.17, 15) is 4.79 Å². The van der Waals surface area contributed by atoms with Gasteiger partial charge in [0, 0.05) is 24.4 Å². The highest BCUT2D eigenvalue weighted by atomic mass is 16.5. The van der Waals surface area contributed by atoms with E-state index in [1.165, 1.54) is 7.11 Å². The van der Waals surface area contributed by atoms with Gasteiger partial charge in [-0.15, -0.1) is 0 Å². The number of carboxylic acid groups (broad SMARTS) is 1. The third-order valence-corrected chi connectivity index (χ3v) is 3.47. The van der Waals surface area contributed by atoms with Crippen LogP contribution in [0.25, 0.3) is 0 Å². The number of aliphatic carboxylic acids is 1. The van der Waals surface area contributed by atoms with Gasteiger partial charge in [-0.1, -0.05) is 12.1 Å². The van der Waals surface area contributed by atoms with Crippen molar-refractivity contribution < 1.29 is 24.1 Å². The van der Waals surface area contributed by atoms with E-state index in [1.807, 2.05) is 6.07 Å². The Morgan fingerprint density at radius 2 is 2.19 bits per heavy atom. The van der Waals surface area contributed by atoms with Gasteiger partial charge in [0.15, 0.2) is 11.5 Å². The van der Waals surface area contributed by atoms with E-state index in [4.69, 9.17) is 25.1 Å². The molecule has 3 N–H and O–H groups in total. The van der Waals surface area contributed by atoms with Gasteiger partial charge < -0.3 is 25.1 Å². The monoisotopic (exact) mass is 295 g/mol. The Labute approximate surface area is 123 Å². The Kier molecular flexibility index (Phi) is 5.41. The summed E-state index contributed by atoms with van der Waals surface area (Å²) < 4.78 is 16.7. The van der Waals surface area contributed by atoms with E-state index >= 15 is 0 Å². The Morgan fingerprint density at radius 1 is 1.48 bits per heavy atom. The van der Waals surface area contributed by atoms with Crippen molar-refractivity contribution in [2.24, 2.45) is 5.73 Å². The molecular weight excluding hydrogens is 274 g/mol. The molecule has 1 saturated heterocycles. The summed E-state index contributed by atoms with van der Waals surface area (Å²) in [6, 6.07) is 4.75. The third-order valence-electron chi connectivity index (χ3n) is 3.47. The molecular formula is C15H21NO5. The van der Waals surface area contributed by atoms with E-state index in [1.54, 1.807) is 12.1 Å². The number of carboxylic acids is 1. The van der Waals surface area contributed by atoms with E-state index < -0.39 is 12.0 Å². The van der Waals surface area contributed by atoms with E-state index in [-0.39, 0.29) is 12.5 Å². The van der Waals surface area contributed by atoms with Gasteiger partial charge in [-0.3, -0.25) is 4.79 Å². The number of ether oxygens (including phenoxy) is 3. The van der Waals surface area contributed by atoms with Crippen LogP contribution in [0.3, 0.4) is 0 Å². The van der Waals surface area contributed by atoms with Crippen LogP contribution in [0.4, 0.5) is 0 Å². The number of carbonyl (C=O) groups is 1. The SMILES string of the molecule is COc1c(OC2CCOCC2)cccc1C(N)CC(=O)O. The van der Waals surface area contributed by atoms with Crippen molar-refractivity contribution >= 4 is 5.97 Å². The Bertz CT molecular complexity index is 485. The van der Waals surface area contributed by atoms with Crippen molar-refractivity contribution in [3.63, 3.8) is 0 Å². The molecule has 1 aliphatic heterocycles. The molecule has 0 aliphatic carbocycles. The zero-order valence-electron chi connectivity index (χ0n) is 12.1. The van der Waals surface area contributed by atoms with Crippen molar-refractivity contribution in [2.45, 2.75) is 31.4 Å². The molecule has 0 radical (unpaired) electrons. The van der Waals surface area contributed by atoms with Crippen LogP contribution in [-0.2, 0) is 9.53 Å². The fourth-order valence-corrected chi connectivity index (χ4v) is 2.41. The number of methoxy groups -OCH3 is 1. The summed E-state index contributed by atoms with van der Waals surface area (Å²) in [4.78, 5) is 10.8. The molecule has 1 aromatic rings. The molecule has 1 unspecified atom stereocenters. The minimum atomic E-state index is -0.944. The fraction of sp³-hybridized carbons (Fsp3) is 0.533. The van der Waals surface area contributed by atoms with E-state index in [2.05, 4.69) is 0 Å². The molecule has 0 spiro atoms. The van der Waals surface area contributed by atoms with Gasteiger partial charge in [0.1, 0.15) is 6.10 Å². The maximum absolute atomic E-state index is 10.8.